The summed E-state index contributed by atoms with van der Waals surface area (Å²) < 4.78 is 10.6. The van der Waals surface area contributed by atoms with Crippen molar-refractivity contribution in [1.29, 1.82) is 0 Å². The van der Waals surface area contributed by atoms with E-state index >= 15 is 0 Å². The minimum atomic E-state index is -0.728. The third kappa shape index (κ3) is 1.44. The maximum absolute atomic E-state index is 13.1. The van der Waals surface area contributed by atoms with E-state index in [0.717, 1.165) is 6.42 Å². The molecule has 3 saturated carbocycles. The van der Waals surface area contributed by atoms with Gasteiger partial charge in [-0.15, -0.1) is 0 Å². The average Bonchev–Trinajstić information content (AvgIpc) is 3.36. The lowest BCUT2D eigenvalue weighted by Gasteiger charge is -2.54. The summed E-state index contributed by atoms with van der Waals surface area (Å²) in [6, 6.07) is 0. The maximum Gasteiger partial charge on any atom is 0.313 e. The number of rotatable bonds is 4. The second kappa shape index (κ2) is 5.09. The first-order valence-electron chi connectivity index (χ1n) is 9.38. The summed E-state index contributed by atoms with van der Waals surface area (Å²) in [7, 11) is 2.92. The van der Waals surface area contributed by atoms with Gasteiger partial charge in [0.25, 0.3) is 0 Å². The van der Waals surface area contributed by atoms with Crippen LogP contribution in [-0.2, 0) is 19.1 Å². The number of hydrogen-bond donors (Lipinski definition) is 0. The van der Waals surface area contributed by atoms with Crippen molar-refractivity contribution in [3.8, 4) is 0 Å². The molecule has 4 nitrogen and oxygen atoms in total. The van der Waals surface area contributed by atoms with E-state index < -0.39 is 10.8 Å². The fourth-order valence-electron chi connectivity index (χ4n) is 7.82. The van der Waals surface area contributed by atoms with Gasteiger partial charge in [0, 0.05) is 0 Å². The molecule has 4 bridgehead atoms. The molecule has 3 fully saturated rings. The molecule has 8 atom stereocenters. The Morgan fingerprint density at radius 1 is 0.875 bits per heavy atom. The van der Waals surface area contributed by atoms with E-state index in [1.807, 2.05) is 13.8 Å². The number of methoxy groups -OCH3 is 2. The Hall–Kier alpha value is -1.32. The van der Waals surface area contributed by atoms with Crippen molar-refractivity contribution < 1.29 is 19.1 Å². The summed E-state index contributed by atoms with van der Waals surface area (Å²) in [6.45, 7) is 4.09. The lowest BCUT2D eigenvalue weighted by atomic mass is 9.47. The molecule has 4 aliphatic carbocycles. The smallest absolute Gasteiger partial charge is 0.313 e. The minimum Gasteiger partial charge on any atom is -0.469 e. The predicted octanol–water partition coefficient (Wildman–Crippen LogP) is 3.21. The van der Waals surface area contributed by atoms with Crippen molar-refractivity contribution in [3.05, 3.63) is 12.2 Å². The molecule has 0 aromatic carbocycles. The second-order valence-electron chi connectivity index (χ2n) is 8.18. The van der Waals surface area contributed by atoms with Gasteiger partial charge in [0.1, 0.15) is 0 Å². The van der Waals surface area contributed by atoms with Crippen LogP contribution in [0.25, 0.3) is 0 Å². The zero-order chi connectivity index (χ0) is 17.3. The summed E-state index contributed by atoms with van der Waals surface area (Å²) in [5.74, 6) is 2.32. The molecule has 8 unspecified atom stereocenters. The van der Waals surface area contributed by atoms with Crippen LogP contribution < -0.4 is 0 Å². The average molecular weight is 332 g/mol. The van der Waals surface area contributed by atoms with Gasteiger partial charge in [-0.05, 0) is 61.2 Å². The number of fused-ring (bicyclic) bond motifs is 9. The van der Waals surface area contributed by atoms with E-state index in [0.29, 0.717) is 36.5 Å². The van der Waals surface area contributed by atoms with Gasteiger partial charge < -0.3 is 9.47 Å². The Bertz CT molecular complexity index is 561. The van der Waals surface area contributed by atoms with Crippen LogP contribution in [0.2, 0.25) is 0 Å². The molecular weight excluding hydrogens is 304 g/mol. The molecule has 0 amide bonds. The number of carbonyl (C=O) groups excluding carboxylic acids is 2. The quantitative estimate of drug-likeness (QED) is 0.451. The van der Waals surface area contributed by atoms with Gasteiger partial charge in [-0.2, -0.15) is 0 Å². The minimum absolute atomic E-state index is 0.199. The van der Waals surface area contributed by atoms with Crippen LogP contribution in [0.15, 0.2) is 12.2 Å². The van der Waals surface area contributed by atoms with Crippen LogP contribution in [0.5, 0.6) is 0 Å². The second-order valence-corrected chi connectivity index (χ2v) is 8.18. The highest BCUT2D eigenvalue weighted by Crippen LogP contribution is 2.78. The van der Waals surface area contributed by atoms with Crippen molar-refractivity contribution in [2.24, 2.45) is 46.3 Å². The van der Waals surface area contributed by atoms with Gasteiger partial charge >= 0.3 is 11.9 Å². The zero-order valence-electron chi connectivity index (χ0n) is 15.1. The van der Waals surface area contributed by atoms with Crippen molar-refractivity contribution in [2.75, 3.05) is 14.2 Å². The van der Waals surface area contributed by atoms with Crippen LogP contribution in [0, 0.1) is 46.3 Å². The Balaban J connectivity index is 1.92. The number of esters is 2. The van der Waals surface area contributed by atoms with Crippen LogP contribution in [0.4, 0.5) is 0 Å². The molecule has 0 spiro atoms. The normalized spacial score (nSPS) is 50.2. The predicted molar refractivity (Wildman–Crippen MR) is 88.8 cm³/mol. The molecule has 0 aromatic rings. The summed E-state index contributed by atoms with van der Waals surface area (Å²) in [4.78, 5) is 26.2. The number of allylic oxidation sites excluding steroid dienone is 2. The first kappa shape index (κ1) is 16.2. The highest BCUT2D eigenvalue weighted by atomic mass is 16.5. The van der Waals surface area contributed by atoms with E-state index in [1.54, 1.807) is 0 Å². The van der Waals surface area contributed by atoms with Crippen LogP contribution in [0.3, 0.4) is 0 Å². The van der Waals surface area contributed by atoms with E-state index in [-0.39, 0.29) is 23.8 Å². The molecule has 0 aromatic heterocycles. The van der Waals surface area contributed by atoms with Gasteiger partial charge in [0.15, 0.2) is 0 Å². The van der Waals surface area contributed by atoms with Crippen molar-refractivity contribution in [1.82, 2.24) is 0 Å². The van der Waals surface area contributed by atoms with Gasteiger partial charge in [-0.3, -0.25) is 9.59 Å². The van der Waals surface area contributed by atoms with Crippen molar-refractivity contribution >= 4 is 11.9 Å². The van der Waals surface area contributed by atoms with E-state index in [4.69, 9.17) is 9.47 Å². The summed E-state index contributed by atoms with van der Waals surface area (Å²) in [5, 5.41) is 0. The molecule has 24 heavy (non-hydrogen) atoms. The third-order valence-electron chi connectivity index (χ3n) is 8.30. The Labute approximate surface area is 144 Å². The summed E-state index contributed by atoms with van der Waals surface area (Å²) >= 11 is 0. The first-order chi connectivity index (χ1) is 11.5. The van der Waals surface area contributed by atoms with E-state index in [1.165, 1.54) is 20.6 Å². The molecule has 0 heterocycles. The van der Waals surface area contributed by atoms with Gasteiger partial charge in [0.05, 0.1) is 25.0 Å². The Kier molecular flexibility index (Phi) is 3.43. The largest absolute Gasteiger partial charge is 0.469 e. The van der Waals surface area contributed by atoms with Crippen molar-refractivity contribution in [2.45, 2.75) is 39.5 Å². The highest BCUT2D eigenvalue weighted by Gasteiger charge is 2.80. The number of ether oxygens (including phenoxy) is 2. The summed E-state index contributed by atoms with van der Waals surface area (Å²) in [5.41, 5.74) is -1.46. The van der Waals surface area contributed by atoms with Crippen LogP contribution in [-0.4, -0.2) is 26.2 Å². The first-order valence-corrected chi connectivity index (χ1v) is 9.38. The highest BCUT2D eigenvalue weighted by molar-refractivity contribution is 5.90. The van der Waals surface area contributed by atoms with Crippen molar-refractivity contribution in [3.63, 3.8) is 0 Å². The molecule has 0 saturated heterocycles. The molecule has 0 N–H and O–H groups in total. The monoisotopic (exact) mass is 332 g/mol. The van der Waals surface area contributed by atoms with Gasteiger partial charge in [-0.1, -0.05) is 26.0 Å². The number of hydrogen-bond acceptors (Lipinski definition) is 4. The summed E-state index contributed by atoms with van der Waals surface area (Å²) in [6.07, 6.45) is 8.17. The van der Waals surface area contributed by atoms with E-state index in [2.05, 4.69) is 12.2 Å². The standard InChI is InChI=1S/C20H28O4/c1-5-19(17(21)23-3)13-10-14(20(19,6-2)18(22)24-4)16-12-8-7-11(9-12)15(13)16/h7-8,11-16H,5-6,9-10H2,1-4H3. The third-order valence-corrected chi connectivity index (χ3v) is 8.30. The molecular formula is C20H28O4. The molecule has 132 valence electrons. The Morgan fingerprint density at radius 3 is 1.62 bits per heavy atom. The SMILES string of the molecule is CCC1(C(=O)OC)C2CC(C3C4C=CC(C4)C32)C1(CC)C(=O)OC. The van der Waals surface area contributed by atoms with Crippen LogP contribution >= 0.6 is 0 Å². The molecule has 0 aliphatic heterocycles. The van der Waals surface area contributed by atoms with Crippen LogP contribution in [0.1, 0.15) is 39.5 Å². The van der Waals surface area contributed by atoms with E-state index in [9.17, 15) is 9.59 Å². The molecule has 0 radical (unpaired) electrons. The lowest BCUT2D eigenvalue weighted by Crippen LogP contribution is -2.60. The van der Waals surface area contributed by atoms with Gasteiger partial charge in [0.2, 0.25) is 0 Å². The lowest BCUT2D eigenvalue weighted by molar-refractivity contribution is -0.194. The Morgan fingerprint density at radius 2 is 1.29 bits per heavy atom. The fraction of sp³-hybridized carbons (Fsp3) is 0.800. The fourth-order valence-corrected chi connectivity index (χ4v) is 7.82. The number of carbonyl (C=O) groups is 2. The zero-order valence-corrected chi connectivity index (χ0v) is 15.1. The molecule has 4 aliphatic rings. The van der Waals surface area contributed by atoms with Gasteiger partial charge in [-0.25, -0.2) is 0 Å². The molecule has 4 rings (SSSR count). The maximum atomic E-state index is 13.1. The topological polar surface area (TPSA) is 52.6 Å². The molecule has 4 heteroatoms.